The van der Waals surface area contributed by atoms with E-state index in [9.17, 15) is 0 Å². The Morgan fingerprint density at radius 2 is 1.88 bits per heavy atom. The van der Waals surface area contributed by atoms with E-state index < -0.39 is 0 Å². The van der Waals surface area contributed by atoms with Crippen molar-refractivity contribution in [3.05, 3.63) is 47.8 Å². The smallest absolute Gasteiger partial charge is 0.0814 e. The first kappa shape index (κ1) is 9.28. The third-order valence-corrected chi connectivity index (χ3v) is 3.00. The van der Waals surface area contributed by atoms with E-state index in [2.05, 4.69) is 29.0 Å². The van der Waals surface area contributed by atoms with Gasteiger partial charge in [-0.2, -0.15) is 0 Å². The lowest BCUT2D eigenvalue weighted by molar-refractivity contribution is 1.20. The van der Waals surface area contributed by atoms with E-state index in [1.54, 1.807) is 0 Å². The highest BCUT2D eigenvalue weighted by molar-refractivity contribution is 6.02. The second-order valence-corrected chi connectivity index (χ2v) is 4.10. The molecule has 2 heterocycles. The van der Waals surface area contributed by atoms with Crippen molar-refractivity contribution in [1.29, 1.82) is 0 Å². The molecule has 2 heteroatoms. The Hall–Kier alpha value is -1.96. The number of para-hydroxylation sites is 1. The molecule has 3 aromatic rings. The van der Waals surface area contributed by atoms with Gasteiger partial charge in [-0.25, -0.2) is 0 Å². The maximum Gasteiger partial charge on any atom is 0.0814 e. The summed E-state index contributed by atoms with van der Waals surface area (Å²) in [5.41, 5.74) is 4.35. The highest BCUT2D eigenvalue weighted by Gasteiger charge is 2.04. The number of aryl methyl sites for hydroxylation is 2. The van der Waals surface area contributed by atoms with Gasteiger partial charge in [0.25, 0.3) is 0 Å². The molecular weight excluding hydrogens is 196 g/mol. The maximum atomic E-state index is 4.66. The van der Waals surface area contributed by atoms with Gasteiger partial charge < -0.3 is 0 Å². The van der Waals surface area contributed by atoms with Crippen LogP contribution in [0.3, 0.4) is 0 Å². The molecule has 16 heavy (non-hydrogen) atoms. The van der Waals surface area contributed by atoms with E-state index in [4.69, 9.17) is 0 Å². The molecule has 0 radical (unpaired) electrons. The van der Waals surface area contributed by atoms with E-state index >= 15 is 0 Å². The maximum absolute atomic E-state index is 4.66. The van der Waals surface area contributed by atoms with Crippen molar-refractivity contribution >= 4 is 21.8 Å². The zero-order valence-electron chi connectivity index (χ0n) is 9.36. The lowest BCUT2D eigenvalue weighted by Gasteiger charge is -2.05. The number of pyridine rings is 2. The molecule has 0 fully saturated rings. The van der Waals surface area contributed by atoms with Crippen LogP contribution < -0.4 is 0 Å². The topological polar surface area (TPSA) is 25.8 Å². The molecule has 3 rings (SSSR count). The predicted octanol–water partition coefficient (Wildman–Crippen LogP) is 3.40. The molecule has 2 aromatic heterocycles. The molecule has 78 valence electrons. The summed E-state index contributed by atoms with van der Waals surface area (Å²) in [6, 6.07) is 10.3. The minimum absolute atomic E-state index is 1.01. The van der Waals surface area contributed by atoms with Crippen LogP contribution in [-0.2, 0) is 0 Å². The first-order valence-corrected chi connectivity index (χ1v) is 5.37. The average Bonchev–Trinajstić information content (AvgIpc) is 2.31. The molecule has 0 bridgehead atoms. The van der Waals surface area contributed by atoms with Crippen molar-refractivity contribution in [3.8, 4) is 0 Å². The Morgan fingerprint density at radius 1 is 1.06 bits per heavy atom. The molecule has 0 aliphatic carbocycles. The zero-order valence-corrected chi connectivity index (χ0v) is 9.36. The van der Waals surface area contributed by atoms with E-state index in [1.165, 1.54) is 5.56 Å². The Bertz CT molecular complexity index is 687. The summed E-state index contributed by atoms with van der Waals surface area (Å²) in [6.45, 7) is 4.13. The Labute approximate surface area is 94.0 Å². The van der Waals surface area contributed by atoms with Crippen LogP contribution in [0.25, 0.3) is 21.8 Å². The van der Waals surface area contributed by atoms with Crippen molar-refractivity contribution < 1.29 is 0 Å². The summed E-state index contributed by atoms with van der Waals surface area (Å²) in [4.78, 5) is 9.10. The third-order valence-electron chi connectivity index (χ3n) is 3.00. The zero-order chi connectivity index (χ0) is 11.1. The lowest BCUT2D eigenvalue weighted by Crippen LogP contribution is -1.90. The van der Waals surface area contributed by atoms with Gasteiger partial charge in [0.2, 0.25) is 0 Å². The fourth-order valence-corrected chi connectivity index (χ4v) is 1.97. The molecule has 2 nitrogen and oxygen atoms in total. The molecule has 0 spiro atoms. The molecule has 1 aromatic carbocycles. The first-order chi connectivity index (χ1) is 7.75. The SMILES string of the molecule is Cc1cc2cnc3ccccc3c2nc1C. The van der Waals surface area contributed by atoms with Gasteiger partial charge in [0, 0.05) is 22.7 Å². The van der Waals surface area contributed by atoms with Gasteiger partial charge >= 0.3 is 0 Å². The van der Waals surface area contributed by atoms with Crippen LogP contribution in [0.4, 0.5) is 0 Å². The van der Waals surface area contributed by atoms with Gasteiger partial charge in [-0.05, 0) is 31.5 Å². The first-order valence-electron chi connectivity index (χ1n) is 5.37. The summed E-state index contributed by atoms with van der Waals surface area (Å²) in [6.07, 6.45) is 1.90. The van der Waals surface area contributed by atoms with Crippen LogP contribution in [-0.4, -0.2) is 9.97 Å². The second-order valence-electron chi connectivity index (χ2n) is 4.10. The van der Waals surface area contributed by atoms with E-state index in [-0.39, 0.29) is 0 Å². The molecular formula is C14H12N2. The summed E-state index contributed by atoms with van der Waals surface area (Å²) in [5.74, 6) is 0. The normalized spacial score (nSPS) is 11.1. The van der Waals surface area contributed by atoms with Crippen LogP contribution in [0.1, 0.15) is 11.3 Å². The molecule has 0 aliphatic heterocycles. The fourth-order valence-electron chi connectivity index (χ4n) is 1.97. The van der Waals surface area contributed by atoms with E-state index in [0.717, 1.165) is 27.5 Å². The van der Waals surface area contributed by atoms with Crippen molar-refractivity contribution in [3.63, 3.8) is 0 Å². The molecule has 0 aliphatic rings. The third kappa shape index (κ3) is 1.27. The highest BCUT2D eigenvalue weighted by Crippen LogP contribution is 2.23. The van der Waals surface area contributed by atoms with E-state index in [1.807, 2.05) is 31.3 Å². The molecule has 0 saturated carbocycles. The van der Waals surface area contributed by atoms with Crippen LogP contribution in [0.15, 0.2) is 36.5 Å². The standard InChI is InChI=1S/C14H12N2/c1-9-7-11-8-15-13-6-4-3-5-12(13)14(11)16-10(9)2/h3-8H,1-2H3. The summed E-state index contributed by atoms with van der Waals surface area (Å²) >= 11 is 0. The summed E-state index contributed by atoms with van der Waals surface area (Å²) < 4.78 is 0. The predicted molar refractivity (Wildman–Crippen MR) is 66.5 cm³/mol. The number of aromatic nitrogens is 2. The monoisotopic (exact) mass is 208 g/mol. The Balaban J connectivity index is 2.55. The van der Waals surface area contributed by atoms with Gasteiger partial charge in [0.1, 0.15) is 0 Å². The lowest BCUT2D eigenvalue weighted by atomic mass is 10.1. The largest absolute Gasteiger partial charge is 0.255 e. The van der Waals surface area contributed by atoms with Gasteiger partial charge in [-0.1, -0.05) is 18.2 Å². The molecule has 0 saturated heterocycles. The van der Waals surface area contributed by atoms with Crippen molar-refractivity contribution in [2.45, 2.75) is 13.8 Å². The van der Waals surface area contributed by atoms with Crippen LogP contribution >= 0.6 is 0 Å². The summed E-state index contributed by atoms with van der Waals surface area (Å²) in [7, 11) is 0. The Kier molecular flexibility index (Phi) is 1.90. The number of hydrogen-bond donors (Lipinski definition) is 0. The second kappa shape index (κ2) is 3.27. The van der Waals surface area contributed by atoms with E-state index in [0.29, 0.717) is 0 Å². The quantitative estimate of drug-likeness (QED) is 0.529. The fraction of sp³-hybridized carbons (Fsp3) is 0.143. The molecule has 0 atom stereocenters. The Morgan fingerprint density at radius 3 is 2.75 bits per heavy atom. The average molecular weight is 208 g/mol. The van der Waals surface area contributed by atoms with Crippen LogP contribution in [0, 0.1) is 13.8 Å². The van der Waals surface area contributed by atoms with Crippen molar-refractivity contribution in [2.24, 2.45) is 0 Å². The van der Waals surface area contributed by atoms with Gasteiger partial charge in [-0.3, -0.25) is 9.97 Å². The molecule has 0 unspecified atom stereocenters. The number of hydrogen-bond acceptors (Lipinski definition) is 2. The van der Waals surface area contributed by atoms with Gasteiger partial charge in [0.15, 0.2) is 0 Å². The van der Waals surface area contributed by atoms with Crippen LogP contribution in [0.2, 0.25) is 0 Å². The number of fused-ring (bicyclic) bond motifs is 3. The number of benzene rings is 1. The van der Waals surface area contributed by atoms with Gasteiger partial charge in [-0.15, -0.1) is 0 Å². The van der Waals surface area contributed by atoms with Crippen molar-refractivity contribution in [1.82, 2.24) is 9.97 Å². The van der Waals surface area contributed by atoms with Gasteiger partial charge in [0.05, 0.1) is 11.0 Å². The van der Waals surface area contributed by atoms with Crippen molar-refractivity contribution in [2.75, 3.05) is 0 Å². The number of rotatable bonds is 0. The minimum Gasteiger partial charge on any atom is -0.255 e. The molecule has 0 N–H and O–H groups in total. The van der Waals surface area contributed by atoms with Crippen LogP contribution in [0.5, 0.6) is 0 Å². The number of nitrogens with zero attached hydrogens (tertiary/aromatic N) is 2. The molecule has 0 amide bonds. The minimum atomic E-state index is 1.01. The summed E-state index contributed by atoms with van der Waals surface area (Å²) in [5, 5.41) is 2.24. The highest BCUT2D eigenvalue weighted by atomic mass is 14.7.